The van der Waals surface area contributed by atoms with Gasteiger partial charge in [-0.2, -0.15) is 5.26 Å². The Balaban J connectivity index is 1.44. The Hall–Kier alpha value is -3.70. The molecule has 3 heterocycles. The highest BCUT2D eigenvalue weighted by Gasteiger charge is 2.26. The van der Waals surface area contributed by atoms with Crippen molar-refractivity contribution in [3.63, 3.8) is 0 Å². The van der Waals surface area contributed by atoms with E-state index in [9.17, 15) is 15.2 Å². The normalized spacial score (nSPS) is 22.6. The Labute approximate surface area is 197 Å². The minimum Gasteiger partial charge on any atom is -0.507 e. The van der Waals surface area contributed by atoms with Crippen LogP contribution < -0.4 is 0 Å². The maximum Gasteiger partial charge on any atom is 0.253 e. The number of likely N-dealkylation sites (tertiary alicyclic amines) is 1. The summed E-state index contributed by atoms with van der Waals surface area (Å²) in [6.07, 6.45) is 5.13. The van der Waals surface area contributed by atoms with E-state index in [0.29, 0.717) is 35.6 Å². The zero-order valence-electron chi connectivity index (χ0n) is 19.1. The van der Waals surface area contributed by atoms with Crippen LogP contribution in [0.25, 0.3) is 22.4 Å². The molecule has 0 aliphatic carbocycles. The minimum atomic E-state index is -0.245. The van der Waals surface area contributed by atoms with Crippen LogP contribution in [0.15, 0.2) is 41.4 Å². The molecule has 0 bridgehead atoms. The molecule has 3 atom stereocenters. The molecule has 3 unspecified atom stereocenters. The van der Waals surface area contributed by atoms with Crippen LogP contribution in [0, 0.1) is 17.2 Å². The second-order valence-electron chi connectivity index (χ2n) is 8.96. The van der Waals surface area contributed by atoms with Crippen molar-refractivity contribution in [2.45, 2.75) is 37.8 Å². The summed E-state index contributed by atoms with van der Waals surface area (Å²) in [7, 11) is 1.66. The fraction of sp³-hybridized carbons (Fsp3) is 0.385. The number of piperidine rings is 1. The Bertz CT molecular complexity index is 1290. The average molecular weight is 458 g/mol. The smallest absolute Gasteiger partial charge is 0.253 e. The van der Waals surface area contributed by atoms with Crippen LogP contribution in [0.5, 0.6) is 5.75 Å². The van der Waals surface area contributed by atoms with E-state index in [1.54, 1.807) is 30.2 Å². The molecular formula is C26H27N5O3. The molecule has 0 saturated carbocycles. The van der Waals surface area contributed by atoms with Gasteiger partial charge in [-0.05, 0) is 61.6 Å². The molecule has 2 aliphatic heterocycles. The second kappa shape index (κ2) is 9.27. The third-order valence-electron chi connectivity index (χ3n) is 6.77. The first-order valence-corrected chi connectivity index (χ1v) is 11.6. The molecule has 2 N–H and O–H groups in total. The van der Waals surface area contributed by atoms with Crippen molar-refractivity contribution in [3.05, 3.63) is 47.5 Å². The molecule has 5 rings (SSSR count). The molecule has 2 aromatic carbocycles. The largest absolute Gasteiger partial charge is 0.507 e. The van der Waals surface area contributed by atoms with Gasteiger partial charge in [0.2, 0.25) is 0 Å². The molecule has 0 spiro atoms. The summed E-state index contributed by atoms with van der Waals surface area (Å²) >= 11 is 0. The summed E-state index contributed by atoms with van der Waals surface area (Å²) in [6.45, 7) is 1.13. The van der Waals surface area contributed by atoms with Crippen LogP contribution in [0.1, 0.15) is 47.5 Å². The minimum absolute atomic E-state index is 0.0775. The van der Waals surface area contributed by atoms with E-state index in [2.05, 4.69) is 21.0 Å². The number of hydrogen-bond acceptors (Lipinski definition) is 6. The quantitative estimate of drug-likeness (QED) is 0.608. The number of methoxy groups -OCH3 is 1. The predicted octanol–water partition coefficient (Wildman–Crippen LogP) is 4.23. The van der Waals surface area contributed by atoms with Crippen LogP contribution in [0.2, 0.25) is 0 Å². The number of carbonyl (C=O) groups excluding carboxylic acids is 1. The molecule has 1 fully saturated rings. The summed E-state index contributed by atoms with van der Waals surface area (Å²) in [4.78, 5) is 27.2. The van der Waals surface area contributed by atoms with E-state index >= 15 is 0 Å². The van der Waals surface area contributed by atoms with Gasteiger partial charge in [-0.1, -0.05) is 6.07 Å². The maximum absolute atomic E-state index is 13.0. The van der Waals surface area contributed by atoms with E-state index in [-0.39, 0.29) is 29.7 Å². The van der Waals surface area contributed by atoms with Gasteiger partial charge in [0.15, 0.2) is 6.23 Å². The lowest BCUT2D eigenvalue weighted by Crippen LogP contribution is -2.39. The number of amides is 1. The molecule has 1 amide bonds. The number of phenolic OH excluding ortho intramolecular Hbond substituents is 1. The fourth-order valence-electron chi connectivity index (χ4n) is 4.93. The Morgan fingerprint density at radius 1 is 1.26 bits per heavy atom. The third-order valence-corrected chi connectivity index (χ3v) is 6.77. The Kier molecular flexibility index (Phi) is 6.03. The van der Waals surface area contributed by atoms with E-state index in [4.69, 9.17) is 4.74 Å². The number of fused-ring (bicyclic) bond motifs is 1. The maximum atomic E-state index is 13.0. The summed E-state index contributed by atoms with van der Waals surface area (Å²) in [5, 5.41) is 19.8. The molecule has 174 valence electrons. The number of nitrogens with one attached hydrogen (secondary N) is 1. The number of aromatic amines is 1. The number of H-pyrrole nitrogens is 1. The summed E-state index contributed by atoms with van der Waals surface area (Å²) in [6, 6.07) is 13.2. The van der Waals surface area contributed by atoms with E-state index in [1.807, 2.05) is 24.4 Å². The van der Waals surface area contributed by atoms with Gasteiger partial charge in [-0.15, -0.1) is 0 Å². The van der Waals surface area contributed by atoms with Gasteiger partial charge in [0.1, 0.15) is 11.6 Å². The van der Waals surface area contributed by atoms with Gasteiger partial charge >= 0.3 is 0 Å². The highest BCUT2D eigenvalue weighted by atomic mass is 16.5. The molecular weight excluding hydrogens is 430 g/mol. The Morgan fingerprint density at radius 3 is 2.97 bits per heavy atom. The Morgan fingerprint density at radius 2 is 2.15 bits per heavy atom. The summed E-state index contributed by atoms with van der Waals surface area (Å²) in [5.41, 5.74) is 3.62. The van der Waals surface area contributed by atoms with Gasteiger partial charge in [0, 0.05) is 37.9 Å². The zero-order chi connectivity index (χ0) is 23.7. The lowest BCUT2D eigenvalue weighted by molar-refractivity contribution is 0.0699. The first kappa shape index (κ1) is 22.1. The lowest BCUT2D eigenvalue weighted by atomic mass is 9.90. The van der Waals surface area contributed by atoms with Crippen molar-refractivity contribution in [2.24, 2.45) is 10.9 Å². The molecule has 8 heteroatoms. The molecule has 1 aromatic heterocycles. The van der Waals surface area contributed by atoms with E-state index in [0.717, 1.165) is 36.8 Å². The first-order chi connectivity index (χ1) is 16.6. The van der Waals surface area contributed by atoms with Crippen molar-refractivity contribution >= 4 is 23.2 Å². The summed E-state index contributed by atoms with van der Waals surface area (Å²) < 4.78 is 5.54. The van der Waals surface area contributed by atoms with Crippen LogP contribution in [-0.4, -0.2) is 58.5 Å². The molecule has 34 heavy (non-hydrogen) atoms. The van der Waals surface area contributed by atoms with Crippen LogP contribution in [0.4, 0.5) is 0 Å². The van der Waals surface area contributed by atoms with Gasteiger partial charge in [0.05, 0.1) is 28.6 Å². The number of nitriles is 1. The average Bonchev–Trinajstić information content (AvgIpc) is 3.31. The number of aliphatic imine (C=N–C) groups is 1. The van der Waals surface area contributed by atoms with Gasteiger partial charge in [-0.3, -0.25) is 9.79 Å². The van der Waals surface area contributed by atoms with Crippen molar-refractivity contribution in [3.8, 4) is 23.2 Å². The van der Waals surface area contributed by atoms with Crippen LogP contribution in [0.3, 0.4) is 0 Å². The molecule has 1 saturated heterocycles. The first-order valence-electron chi connectivity index (χ1n) is 11.6. The number of carbonyl (C=O) groups is 1. The number of imidazole rings is 1. The summed E-state index contributed by atoms with van der Waals surface area (Å²) in [5.74, 6) is 0.581. The van der Waals surface area contributed by atoms with Gasteiger partial charge in [0.25, 0.3) is 5.91 Å². The molecule has 8 nitrogen and oxygen atoms in total. The van der Waals surface area contributed by atoms with E-state index < -0.39 is 0 Å². The lowest BCUT2D eigenvalue weighted by Gasteiger charge is -2.29. The number of rotatable bonds is 4. The van der Waals surface area contributed by atoms with Crippen molar-refractivity contribution in [1.82, 2.24) is 14.9 Å². The zero-order valence-corrected chi connectivity index (χ0v) is 19.1. The number of benzene rings is 2. The number of nitrogens with zero attached hydrogens (tertiary/aromatic N) is 4. The molecule has 3 aromatic rings. The van der Waals surface area contributed by atoms with Crippen molar-refractivity contribution < 1.29 is 14.6 Å². The van der Waals surface area contributed by atoms with Crippen molar-refractivity contribution in [1.29, 1.82) is 5.26 Å². The number of aromatic hydroxyl groups is 1. The van der Waals surface area contributed by atoms with Gasteiger partial charge in [-0.25, -0.2) is 4.98 Å². The number of aromatic nitrogens is 2. The van der Waals surface area contributed by atoms with Crippen LogP contribution in [-0.2, 0) is 4.74 Å². The number of ether oxygens (including phenoxy) is 1. The highest BCUT2D eigenvalue weighted by molar-refractivity contribution is 5.98. The fourth-order valence-corrected chi connectivity index (χ4v) is 4.93. The van der Waals surface area contributed by atoms with Gasteiger partial charge < -0.3 is 19.7 Å². The predicted molar refractivity (Wildman–Crippen MR) is 129 cm³/mol. The second-order valence-corrected chi connectivity index (χ2v) is 8.96. The standard InChI is InChI=1S/C26H27N5O3/c1-34-25-19(5-2-10-28-25)17-7-9-23(32)20(12-17)24-29-21-8-6-18(13-22(21)30-24)26(33)31-11-3-4-16(14-27)15-31/h6-10,12-13,16,19,25,32H,2-5,11,15H2,1H3,(H,29,30). The van der Waals surface area contributed by atoms with Crippen LogP contribution >= 0.6 is 0 Å². The number of hydrogen-bond donors (Lipinski definition) is 2. The third kappa shape index (κ3) is 4.15. The van der Waals surface area contributed by atoms with Crippen molar-refractivity contribution in [2.75, 3.05) is 20.2 Å². The molecule has 2 aliphatic rings. The molecule has 0 radical (unpaired) electrons. The van der Waals surface area contributed by atoms with E-state index in [1.165, 1.54) is 0 Å². The monoisotopic (exact) mass is 457 g/mol. The topological polar surface area (TPSA) is 115 Å². The highest BCUT2D eigenvalue weighted by Crippen LogP contribution is 2.36. The number of phenols is 1. The SMILES string of the molecule is COC1N=CCCC1c1ccc(O)c(-c2nc3ccc(C(=O)N4CCCC(C#N)C4)cc3[nH]2)c1.